The van der Waals surface area contributed by atoms with E-state index < -0.39 is 0 Å². The molecule has 0 bridgehead atoms. The first-order valence-corrected chi connectivity index (χ1v) is 17.3. The van der Waals surface area contributed by atoms with E-state index in [4.69, 9.17) is 21.1 Å². The molecule has 0 unspecified atom stereocenters. The fourth-order valence-corrected chi connectivity index (χ4v) is 6.93. The van der Waals surface area contributed by atoms with Gasteiger partial charge >= 0.3 is 5.69 Å². The van der Waals surface area contributed by atoms with Gasteiger partial charge in [-0.1, -0.05) is 78.3 Å². The Balaban J connectivity index is 1.08. The molecule has 2 aliphatic heterocycles. The summed E-state index contributed by atoms with van der Waals surface area (Å²) in [6, 6.07) is 31.8. The zero-order chi connectivity index (χ0) is 35.2. The van der Waals surface area contributed by atoms with Gasteiger partial charge in [0.05, 0.1) is 16.8 Å². The normalized spacial score (nSPS) is 15.4. The van der Waals surface area contributed by atoms with Crippen LogP contribution in [0.1, 0.15) is 36.8 Å². The Labute approximate surface area is 301 Å². The number of anilines is 4. The SMILES string of the molecule is O=C1CC2(CCN(c3cccc(Nc4ccc(OCc5ccccc5)nc4OCc4ccccc4)c3[N+](=O)[O-])CC2)CCN1c1ccc(Cl)nc1. The van der Waals surface area contributed by atoms with Crippen LogP contribution in [0.5, 0.6) is 11.8 Å². The number of ether oxygens (including phenoxy) is 2. The van der Waals surface area contributed by atoms with Crippen molar-refractivity contribution >= 4 is 45.9 Å². The number of hydrogen-bond acceptors (Lipinski definition) is 9. The second kappa shape index (κ2) is 15.1. The van der Waals surface area contributed by atoms with Crippen LogP contribution < -0.4 is 24.6 Å². The third-order valence-electron chi connectivity index (χ3n) is 9.63. The Bertz CT molecular complexity index is 1990. The van der Waals surface area contributed by atoms with E-state index in [-0.39, 0.29) is 34.4 Å². The molecule has 2 aliphatic rings. The number of halogens is 1. The zero-order valence-corrected chi connectivity index (χ0v) is 28.7. The van der Waals surface area contributed by atoms with Crippen LogP contribution in [-0.4, -0.2) is 40.4 Å². The summed E-state index contributed by atoms with van der Waals surface area (Å²) in [5.74, 6) is 0.688. The molecule has 0 saturated carbocycles. The molecule has 12 heteroatoms. The first-order valence-electron chi connectivity index (χ1n) is 16.9. The Morgan fingerprint density at radius 3 is 2.14 bits per heavy atom. The lowest BCUT2D eigenvalue weighted by molar-refractivity contribution is -0.383. The van der Waals surface area contributed by atoms with Gasteiger partial charge in [0.25, 0.3) is 0 Å². The molecule has 1 spiro atoms. The molecular weight excluding hydrogens is 668 g/mol. The highest BCUT2D eigenvalue weighted by Crippen LogP contribution is 2.46. The van der Waals surface area contributed by atoms with Crippen LogP contribution in [-0.2, 0) is 18.0 Å². The standard InChI is InChI=1S/C39H37ClN6O5/c40-34-16-14-30(25-41-34)45-23-20-39(24-36(45)47)18-21-44(22-19-39)33-13-7-12-31(37(33)46(48)49)42-32-15-17-35(50-26-28-8-3-1-4-9-28)43-38(32)51-27-29-10-5-2-6-11-29/h1-17,25,42H,18-24,26-27H2. The van der Waals surface area contributed by atoms with E-state index in [2.05, 4.69) is 20.2 Å². The maximum atomic E-state index is 13.3. The summed E-state index contributed by atoms with van der Waals surface area (Å²) >= 11 is 5.95. The number of pyridine rings is 2. The van der Waals surface area contributed by atoms with Gasteiger partial charge in [0.2, 0.25) is 17.7 Å². The molecule has 0 aliphatic carbocycles. The number of nitrogens with zero attached hydrogens (tertiary/aromatic N) is 5. The molecule has 11 nitrogen and oxygen atoms in total. The molecule has 4 heterocycles. The highest BCUT2D eigenvalue weighted by molar-refractivity contribution is 6.29. The molecule has 1 N–H and O–H groups in total. The summed E-state index contributed by atoms with van der Waals surface area (Å²) in [7, 11) is 0. The van der Waals surface area contributed by atoms with Crippen LogP contribution >= 0.6 is 11.6 Å². The van der Waals surface area contributed by atoms with Crippen molar-refractivity contribution in [1.29, 1.82) is 0 Å². The second-order valence-electron chi connectivity index (χ2n) is 12.9. The summed E-state index contributed by atoms with van der Waals surface area (Å²) in [6.07, 6.45) is 4.42. The van der Waals surface area contributed by atoms with Crippen molar-refractivity contribution in [1.82, 2.24) is 9.97 Å². The van der Waals surface area contributed by atoms with Gasteiger partial charge < -0.3 is 24.6 Å². The Hall–Kier alpha value is -5.68. The van der Waals surface area contributed by atoms with Crippen molar-refractivity contribution in [3.05, 3.63) is 136 Å². The van der Waals surface area contributed by atoms with Gasteiger partial charge in [-0.15, -0.1) is 0 Å². The van der Waals surface area contributed by atoms with Crippen LogP contribution in [0.25, 0.3) is 0 Å². The van der Waals surface area contributed by atoms with Crippen molar-refractivity contribution in [2.75, 3.05) is 34.8 Å². The van der Waals surface area contributed by atoms with Crippen LogP contribution in [0.2, 0.25) is 5.15 Å². The molecule has 2 fully saturated rings. The average Bonchev–Trinajstić information content (AvgIpc) is 3.15. The number of hydrogen-bond donors (Lipinski definition) is 1. The second-order valence-corrected chi connectivity index (χ2v) is 13.3. The smallest absolute Gasteiger partial charge is 0.315 e. The number of nitro groups is 1. The number of nitrogens with one attached hydrogen (secondary N) is 1. The van der Waals surface area contributed by atoms with E-state index >= 15 is 0 Å². The molecule has 51 heavy (non-hydrogen) atoms. The lowest BCUT2D eigenvalue weighted by Crippen LogP contribution is -2.49. The van der Waals surface area contributed by atoms with E-state index in [1.807, 2.05) is 72.8 Å². The maximum Gasteiger partial charge on any atom is 0.315 e. The van der Waals surface area contributed by atoms with E-state index in [9.17, 15) is 14.9 Å². The van der Waals surface area contributed by atoms with Gasteiger partial charge in [-0.05, 0) is 66.1 Å². The largest absolute Gasteiger partial charge is 0.473 e. The third kappa shape index (κ3) is 7.89. The number of aromatic nitrogens is 2. The van der Waals surface area contributed by atoms with E-state index in [1.165, 1.54) is 0 Å². The molecule has 0 radical (unpaired) electrons. The molecule has 2 aromatic heterocycles. The monoisotopic (exact) mass is 704 g/mol. The molecule has 5 aromatic rings. The maximum absolute atomic E-state index is 13.3. The van der Waals surface area contributed by atoms with Gasteiger partial charge in [0.15, 0.2) is 0 Å². The molecular formula is C39H37ClN6O5. The predicted octanol–water partition coefficient (Wildman–Crippen LogP) is 8.35. The van der Waals surface area contributed by atoms with Gasteiger partial charge in [0, 0.05) is 32.1 Å². The predicted molar refractivity (Wildman–Crippen MR) is 197 cm³/mol. The summed E-state index contributed by atoms with van der Waals surface area (Å²) in [5.41, 5.74) is 3.83. The van der Waals surface area contributed by atoms with E-state index in [1.54, 1.807) is 41.4 Å². The van der Waals surface area contributed by atoms with Crippen molar-refractivity contribution in [3.8, 4) is 11.8 Å². The number of amides is 1. The summed E-state index contributed by atoms with van der Waals surface area (Å²) in [4.78, 5) is 38.2. The van der Waals surface area contributed by atoms with Crippen molar-refractivity contribution in [3.63, 3.8) is 0 Å². The van der Waals surface area contributed by atoms with Crippen LogP contribution in [0, 0.1) is 15.5 Å². The molecule has 0 atom stereocenters. The first-order chi connectivity index (χ1) is 24.9. The zero-order valence-electron chi connectivity index (χ0n) is 27.9. The van der Waals surface area contributed by atoms with Crippen molar-refractivity contribution in [2.45, 2.75) is 38.9 Å². The number of nitro benzene ring substituents is 1. The molecule has 1 amide bonds. The van der Waals surface area contributed by atoms with Crippen molar-refractivity contribution < 1.29 is 19.2 Å². The highest BCUT2D eigenvalue weighted by atomic mass is 35.5. The third-order valence-corrected chi connectivity index (χ3v) is 9.85. The highest BCUT2D eigenvalue weighted by Gasteiger charge is 2.42. The Morgan fingerprint density at radius 2 is 1.49 bits per heavy atom. The topological polar surface area (TPSA) is 123 Å². The fourth-order valence-electron chi connectivity index (χ4n) is 6.82. The molecule has 2 saturated heterocycles. The number of rotatable bonds is 11. The Kier molecular flexibility index (Phi) is 9.98. The fraction of sp³-hybridized carbons (Fsp3) is 0.256. The summed E-state index contributed by atoms with van der Waals surface area (Å²) in [5, 5.41) is 16.3. The number of carbonyl (C=O) groups is 1. The van der Waals surface area contributed by atoms with E-state index in [0.717, 1.165) is 36.1 Å². The molecule has 7 rings (SSSR count). The number of piperidine rings is 2. The number of benzene rings is 3. The van der Waals surface area contributed by atoms with Gasteiger partial charge in [-0.3, -0.25) is 14.9 Å². The van der Waals surface area contributed by atoms with Gasteiger partial charge in [-0.25, -0.2) is 4.98 Å². The number of carbonyl (C=O) groups excluding carboxylic acids is 1. The van der Waals surface area contributed by atoms with Crippen LogP contribution in [0.4, 0.5) is 28.4 Å². The van der Waals surface area contributed by atoms with Crippen LogP contribution in [0.15, 0.2) is 109 Å². The molecule has 260 valence electrons. The quantitative estimate of drug-likeness (QED) is 0.0821. The number of para-hydroxylation sites is 1. The summed E-state index contributed by atoms with van der Waals surface area (Å²) < 4.78 is 12.1. The Morgan fingerprint density at radius 1 is 0.804 bits per heavy atom. The molecule has 3 aromatic carbocycles. The van der Waals surface area contributed by atoms with E-state index in [0.29, 0.717) is 60.8 Å². The van der Waals surface area contributed by atoms with Crippen LogP contribution in [0.3, 0.4) is 0 Å². The minimum atomic E-state index is -0.348. The minimum absolute atomic E-state index is 0.0343. The average molecular weight is 705 g/mol. The van der Waals surface area contributed by atoms with Crippen molar-refractivity contribution in [2.24, 2.45) is 5.41 Å². The minimum Gasteiger partial charge on any atom is -0.473 e. The summed E-state index contributed by atoms with van der Waals surface area (Å²) in [6.45, 7) is 2.37. The lowest BCUT2D eigenvalue weighted by Gasteiger charge is -2.46. The van der Waals surface area contributed by atoms with Gasteiger partial charge in [-0.2, -0.15) is 4.98 Å². The first kappa shape index (κ1) is 33.8. The lowest BCUT2D eigenvalue weighted by atomic mass is 9.71. The van der Waals surface area contributed by atoms with Gasteiger partial charge in [0.1, 0.15) is 35.4 Å².